The van der Waals surface area contributed by atoms with Crippen molar-refractivity contribution in [2.75, 3.05) is 13.1 Å². The molecule has 0 radical (unpaired) electrons. The van der Waals surface area contributed by atoms with E-state index in [1.54, 1.807) is 0 Å². The van der Waals surface area contributed by atoms with Crippen molar-refractivity contribution < 1.29 is 0 Å². The zero-order valence-electron chi connectivity index (χ0n) is 11.9. The standard InChI is InChI=1S/C16H23N3/c1-3-17-13-9-5-6-11-15-14-10-7-8-12-16(14)19(4-2)18-15/h5-8,10,12,17H,3-4,9,11,13H2,1-2H3. The molecule has 3 nitrogen and oxygen atoms in total. The molecule has 19 heavy (non-hydrogen) atoms. The van der Waals surface area contributed by atoms with Gasteiger partial charge in [-0.3, -0.25) is 4.68 Å². The van der Waals surface area contributed by atoms with E-state index in [1.807, 2.05) is 0 Å². The van der Waals surface area contributed by atoms with Crippen molar-refractivity contribution in [2.45, 2.75) is 33.2 Å². The molecule has 0 spiro atoms. The molecular formula is C16H23N3. The number of allylic oxidation sites excluding steroid dienone is 1. The molecule has 2 rings (SSSR count). The van der Waals surface area contributed by atoms with Gasteiger partial charge in [-0.15, -0.1) is 0 Å². The Kier molecular flexibility index (Phi) is 5.16. The van der Waals surface area contributed by atoms with E-state index >= 15 is 0 Å². The molecule has 0 fully saturated rings. The van der Waals surface area contributed by atoms with Gasteiger partial charge in [0.1, 0.15) is 0 Å². The maximum Gasteiger partial charge on any atom is 0.0740 e. The molecule has 3 heteroatoms. The average molecular weight is 257 g/mol. The van der Waals surface area contributed by atoms with Gasteiger partial charge < -0.3 is 5.32 Å². The van der Waals surface area contributed by atoms with Gasteiger partial charge in [-0.05, 0) is 32.5 Å². The largest absolute Gasteiger partial charge is 0.317 e. The van der Waals surface area contributed by atoms with Crippen LogP contribution in [0.3, 0.4) is 0 Å². The predicted molar refractivity (Wildman–Crippen MR) is 81.4 cm³/mol. The number of fused-ring (bicyclic) bond motifs is 1. The Bertz CT molecular complexity index is 540. The number of nitrogens with one attached hydrogen (secondary N) is 1. The molecule has 1 aromatic carbocycles. The maximum atomic E-state index is 4.69. The van der Waals surface area contributed by atoms with E-state index in [2.05, 4.69) is 60.3 Å². The number of aryl methyl sites for hydroxylation is 1. The fourth-order valence-corrected chi connectivity index (χ4v) is 2.26. The first-order valence-electron chi connectivity index (χ1n) is 7.17. The number of hydrogen-bond donors (Lipinski definition) is 1. The molecule has 0 aliphatic heterocycles. The highest BCUT2D eigenvalue weighted by Gasteiger charge is 2.06. The van der Waals surface area contributed by atoms with Crippen LogP contribution in [0, 0.1) is 0 Å². The number of rotatable bonds is 7. The van der Waals surface area contributed by atoms with Gasteiger partial charge in [0.25, 0.3) is 0 Å². The van der Waals surface area contributed by atoms with Crippen LogP contribution in [0.4, 0.5) is 0 Å². The van der Waals surface area contributed by atoms with E-state index in [0.29, 0.717) is 0 Å². The first kappa shape index (κ1) is 13.8. The van der Waals surface area contributed by atoms with Gasteiger partial charge in [0.05, 0.1) is 11.2 Å². The first-order valence-corrected chi connectivity index (χ1v) is 7.17. The Hall–Kier alpha value is -1.61. The smallest absolute Gasteiger partial charge is 0.0740 e. The Labute approximate surface area is 115 Å². The lowest BCUT2D eigenvalue weighted by Gasteiger charge is -1.95. The van der Waals surface area contributed by atoms with E-state index in [4.69, 9.17) is 5.10 Å². The van der Waals surface area contributed by atoms with Gasteiger partial charge in [-0.25, -0.2) is 0 Å². The van der Waals surface area contributed by atoms with Crippen LogP contribution in [0.1, 0.15) is 26.0 Å². The molecule has 0 bridgehead atoms. The van der Waals surface area contributed by atoms with E-state index < -0.39 is 0 Å². The van der Waals surface area contributed by atoms with Crippen LogP contribution < -0.4 is 5.32 Å². The predicted octanol–water partition coefficient (Wildman–Crippen LogP) is 3.15. The fourth-order valence-electron chi connectivity index (χ4n) is 2.26. The molecule has 1 heterocycles. The number of hydrogen-bond acceptors (Lipinski definition) is 2. The third-order valence-electron chi connectivity index (χ3n) is 3.25. The molecule has 0 aliphatic carbocycles. The van der Waals surface area contributed by atoms with Gasteiger partial charge >= 0.3 is 0 Å². The first-order chi connectivity index (χ1) is 9.36. The maximum absolute atomic E-state index is 4.69. The molecule has 0 saturated carbocycles. The average Bonchev–Trinajstić information content (AvgIpc) is 2.81. The number of aromatic nitrogens is 2. The summed E-state index contributed by atoms with van der Waals surface area (Å²) in [6.45, 7) is 7.28. The van der Waals surface area contributed by atoms with Crippen LogP contribution in [0.2, 0.25) is 0 Å². The van der Waals surface area contributed by atoms with Crippen molar-refractivity contribution >= 4 is 10.9 Å². The number of para-hydroxylation sites is 1. The van der Waals surface area contributed by atoms with Crippen LogP contribution in [-0.2, 0) is 13.0 Å². The van der Waals surface area contributed by atoms with Crippen molar-refractivity contribution in [1.29, 1.82) is 0 Å². The van der Waals surface area contributed by atoms with Gasteiger partial charge in [-0.1, -0.05) is 37.3 Å². The zero-order chi connectivity index (χ0) is 13.5. The molecule has 0 aliphatic rings. The monoisotopic (exact) mass is 257 g/mol. The molecule has 0 amide bonds. The molecule has 0 atom stereocenters. The van der Waals surface area contributed by atoms with Crippen LogP contribution in [-0.4, -0.2) is 22.9 Å². The second kappa shape index (κ2) is 7.10. The van der Waals surface area contributed by atoms with E-state index in [0.717, 1.165) is 32.5 Å². The quantitative estimate of drug-likeness (QED) is 0.610. The highest BCUT2D eigenvalue weighted by molar-refractivity contribution is 5.82. The minimum Gasteiger partial charge on any atom is -0.317 e. The highest BCUT2D eigenvalue weighted by Crippen LogP contribution is 2.18. The van der Waals surface area contributed by atoms with Crippen molar-refractivity contribution in [2.24, 2.45) is 0 Å². The highest BCUT2D eigenvalue weighted by atomic mass is 15.3. The third-order valence-corrected chi connectivity index (χ3v) is 3.25. The van der Waals surface area contributed by atoms with Crippen LogP contribution in [0.25, 0.3) is 10.9 Å². The molecule has 102 valence electrons. The second-order valence-corrected chi connectivity index (χ2v) is 4.60. The molecular weight excluding hydrogens is 234 g/mol. The summed E-state index contributed by atoms with van der Waals surface area (Å²) < 4.78 is 2.08. The normalized spacial score (nSPS) is 11.7. The second-order valence-electron chi connectivity index (χ2n) is 4.60. The van der Waals surface area contributed by atoms with Crippen LogP contribution in [0.5, 0.6) is 0 Å². The van der Waals surface area contributed by atoms with Crippen LogP contribution >= 0.6 is 0 Å². The molecule has 0 saturated heterocycles. The third kappa shape index (κ3) is 3.44. The number of nitrogens with zero attached hydrogens (tertiary/aromatic N) is 2. The number of benzene rings is 1. The Balaban J connectivity index is 2.04. The van der Waals surface area contributed by atoms with E-state index in [-0.39, 0.29) is 0 Å². The summed E-state index contributed by atoms with van der Waals surface area (Å²) in [5.41, 5.74) is 2.42. The molecule has 0 unspecified atom stereocenters. The molecule has 1 aromatic heterocycles. The lowest BCUT2D eigenvalue weighted by atomic mass is 10.1. The summed E-state index contributed by atoms with van der Waals surface area (Å²) in [4.78, 5) is 0. The van der Waals surface area contributed by atoms with Gasteiger partial charge in [0.15, 0.2) is 0 Å². The van der Waals surface area contributed by atoms with Gasteiger partial charge in [-0.2, -0.15) is 5.10 Å². The van der Waals surface area contributed by atoms with E-state index in [9.17, 15) is 0 Å². The Morgan fingerprint density at radius 1 is 1.21 bits per heavy atom. The van der Waals surface area contributed by atoms with Crippen molar-refractivity contribution in [3.05, 3.63) is 42.1 Å². The Morgan fingerprint density at radius 3 is 2.84 bits per heavy atom. The minimum absolute atomic E-state index is 0.916. The zero-order valence-corrected chi connectivity index (χ0v) is 11.9. The van der Waals surface area contributed by atoms with Gasteiger partial charge in [0, 0.05) is 18.4 Å². The van der Waals surface area contributed by atoms with Gasteiger partial charge in [0.2, 0.25) is 0 Å². The minimum atomic E-state index is 0.916. The fraction of sp³-hybridized carbons (Fsp3) is 0.438. The molecule has 2 aromatic rings. The van der Waals surface area contributed by atoms with Crippen LogP contribution in [0.15, 0.2) is 36.4 Å². The summed E-state index contributed by atoms with van der Waals surface area (Å²) in [7, 11) is 0. The van der Waals surface area contributed by atoms with Crippen molar-refractivity contribution in [3.63, 3.8) is 0 Å². The summed E-state index contributed by atoms with van der Waals surface area (Å²) in [5.74, 6) is 0. The van der Waals surface area contributed by atoms with E-state index in [1.165, 1.54) is 16.6 Å². The summed E-state index contributed by atoms with van der Waals surface area (Å²) in [5, 5.41) is 9.29. The lowest BCUT2D eigenvalue weighted by molar-refractivity contribution is 0.672. The lowest BCUT2D eigenvalue weighted by Crippen LogP contribution is -2.12. The van der Waals surface area contributed by atoms with Crippen molar-refractivity contribution in [1.82, 2.24) is 15.1 Å². The topological polar surface area (TPSA) is 29.9 Å². The molecule has 1 N–H and O–H groups in total. The van der Waals surface area contributed by atoms with Crippen molar-refractivity contribution in [3.8, 4) is 0 Å². The Morgan fingerprint density at radius 2 is 2.05 bits per heavy atom. The summed E-state index contributed by atoms with van der Waals surface area (Å²) >= 11 is 0. The summed E-state index contributed by atoms with van der Waals surface area (Å²) in [6.07, 6.45) is 6.47. The SMILES string of the molecule is CCNCCC=CCc1nn(CC)c2ccccc12. The summed E-state index contributed by atoms with van der Waals surface area (Å²) in [6, 6.07) is 8.47.